The van der Waals surface area contributed by atoms with Gasteiger partial charge in [0.15, 0.2) is 5.13 Å². The summed E-state index contributed by atoms with van der Waals surface area (Å²) in [5.41, 5.74) is 2.03. The van der Waals surface area contributed by atoms with E-state index in [-0.39, 0.29) is 24.2 Å². The molecule has 1 aromatic heterocycles. The smallest absolute Gasteiger partial charge is 0.231 e. The molecule has 2 aliphatic rings. The summed E-state index contributed by atoms with van der Waals surface area (Å²) in [7, 11) is 0. The van der Waals surface area contributed by atoms with Crippen LogP contribution in [0.25, 0.3) is 10.2 Å². The van der Waals surface area contributed by atoms with Gasteiger partial charge in [-0.05, 0) is 43.9 Å². The number of benzene rings is 1. The molecule has 4 rings (SSSR count). The Morgan fingerprint density at radius 1 is 1.27 bits per heavy atom. The molecule has 0 unspecified atom stereocenters. The van der Waals surface area contributed by atoms with Crippen LogP contribution in [0.2, 0.25) is 5.02 Å². The Kier molecular flexibility index (Phi) is 8.78. The predicted molar refractivity (Wildman–Crippen MR) is 127 cm³/mol. The number of amides is 1. The van der Waals surface area contributed by atoms with Gasteiger partial charge in [0.2, 0.25) is 5.91 Å². The van der Waals surface area contributed by atoms with Crippen LogP contribution in [0, 0.1) is 12.8 Å². The van der Waals surface area contributed by atoms with Crippen LogP contribution < -0.4 is 4.90 Å². The second kappa shape index (κ2) is 11.1. The topological polar surface area (TPSA) is 45.7 Å². The Morgan fingerprint density at radius 3 is 2.73 bits per heavy atom. The molecule has 0 atom stereocenters. The highest BCUT2D eigenvalue weighted by Gasteiger charge is 2.29. The first-order chi connectivity index (χ1) is 14.1. The maximum atomic E-state index is 13.4. The summed E-state index contributed by atoms with van der Waals surface area (Å²) in [6, 6.07) is 3.90. The van der Waals surface area contributed by atoms with Gasteiger partial charge in [0.05, 0.1) is 23.4 Å². The second-order valence-electron chi connectivity index (χ2n) is 8.20. The molecule has 8 heteroatoms. The van der Waals surface area contributed by atoms with Crippen molar-refractivity contribution in [2.45, 2.75) is 45.4 Å². The minimum Gasteiger partial charge on any atom is -0.379 e. The van der Waals surface area contributed by atoms with Gasteiger partial charge in [-0.25, -0.2) is 4.98 Å². The van der Waals surface area contributed by atoms with Gasteiger partial charge >= 0.3 is 0 Å². The van der Waals surface area contributed by atoms with Crippen molar-refractivity contribution >= 4 is 56.6 Å². The van der Waals surface area contributed by atoms with E-state index in [0.717, 1.165) is 97.4 Å². The second-order valence-corrected chi connectivity index (χ2v) is 9.64. The summed E-state index contributed by atoms with van der Waals surface area (Å²) >= 11 is 7.84. The summed E-state index contributed by atoms with van der Waals surface area (Å²) in [6.45, 7) is 7.33. The van der Waals surface area contributed by atoms with Crippen molar-refractivity contribution in [2.24, 2.45) is 5.92 Å². The molecule has 30 heavy (non-hydrogen) atoms. The fourth-order valence-electron chi connectivity index (χ4n) is 4.41. The number of anilines is 1. The third-order valence-electron chi connectivity index (χ3n) is 6.05. The average molecular weight is 472 g/mol. The number of carbonyl (C=O) groups is 1. The van der Waals surface area contributed by atoms with Gasteiger partial charge < -0.3 is 4.74 Å². The number of hydrogen-bond acceptors (Lipinski definition) is 5. The number of carbonyl (C=O) groups excluding carboxylic acids is 1. The number of ether oxygens (including phenoxy) is 1. The third kappa shape index (κ3) is 5.65. The van der Waals surface area contributed by atoms with E-state index in [1.165, 1.54) is 6.42 Å². The van der Waals surface area contributed by atoms with Gasteiger partial charge in [0, 0.05) is 37.1 Å². The fraction of sp³-hybridized carbons (Fsp3) is 0.636. The lowest BCUT2D eigenvalue weighted by Crippen LogP contribution is -2.41. The maximum absolute atomic E-state index is 13.4. The molecule has 2 fully saturated rings. The van der Waals surface area contributed by atoms with Gasteiger partial charge in [0.1, 0.15) is 0 Å². The summed E-state index contributed by atoms with van der Waals surface area (Å²) in [6.07, 6.45) is 6.54. The zero-order valence-corrected chi connectivity index (χ0v) is 20.0. The standard InChI is InChI=1S/C22H30ClN3O2S.ClH/c1-16-14-18(23)15-19-20(16)24-22(29-19)26(21(27)17-6-3-2-4-7-17)9-5-8-25-10-12-28-13-11-25;/h14-15,17H,2-13H2,1H3;1H. The van der Waals surface area contributed by atoms with Crippen LogP contribution in [-0.2, 0) is 9.53 Å². The Bertz CT molecular complexity index is 848. The average Bonchev–Trinajstić information content (AvgIpc) is 3.16. The monoisotopic (exact) mass is 471 g/mol. The van der Waals surface area contributed by atoms with Gasteiger partial charge in [-0.1, -0.05) is 42.2 Å². The van der Waals surface area contributed by atoms with Crippen molar-refractivity contribution in [3.63, 3.8) is 0 Å². The van der Waals surface area contributed by atoms with Crippen LogP contribution in [0.1, 0.15) is 44.1 Å². The molecule has 1 saturated carbocycles. The number of thiazole rings is 1. The van der Waals surface area contributed by atoms with Crippen molar-refractivity contribution in [2.75, 3.05) is 44.3 Å². The van der Waals surface area contributed by atoms with Crippen LogP contribution in [0.15, 0.2) is 12.1 Å². The predicted octanol–water partition coefficient (Wildman–Crippen LogP) is 5.32. The molecule has 0 N–H and O–H groups in total. The van der Waals surface area contributed by atoms with Gasteiger partial charge in [-0.3, -0.25) is 14.6 Å². The molecule has 2 heterocycles. The molecule has 5 nitrogen and oxygen atoms in total. The highest BCUT2D eigenvalue weighted by molar-refractivity contribution is 7.22. The molecule has 1 aliphatic heterocycles. The van der Waals surface area contributed by atoms with E-state index >= 15 is 0 Å². The van der Waals surface area contributed by atoms with Crippen LogP contribution >= 0.6 is 35.3 Å². The lowest BCUT2D eigenvalue weighted by molar-refractivity contribution is -0.123. The van der Waals surface area contributed by atoms with E-state index < -0.39 is 0 Å². The molecular formula is C22H31Cl2N3O2S. The molecular weight excluding hydrogens is 441 g/mol. The molecule has 2 aromatic rings. The summed E-state index contributed by atoms with van der Waals surface area (Å²) < 4.78 is 6.50. The number of fused-ring (bicyclic) bond motifs is 1. The number of rotatable bonds is 6. The normalized spacial score (nSPS) is 18.3. The largest absolute Gasteiger partial charge is 0.379 e. The van der Waals surface area contributed by atoms with Crippen molar-refractivity contribution in [1.82, 2.24) is 9.88 Å². The quantitative estimate of drug-likeness (QED) is 0.571. The Labute approximate surface area is 194 Å². The Morgan fingerprint density at radius 2 is 2.00 bits per heavy atom. The molecule has 1 aromatic carbocycles. The van der Waals surface area contributed by atoms with Gasteiger partial charge in [-0.2, -0.15) is 0 Å². The molecule has 0 spiro atoms. The minimum atomic E-state index is 0. The number of nitrogens with zero attached hydrogens (tertiary/aromatic N) is 3. The molecule has 0 bridgehead atoms. The molecule has 0 radical (unpaired) electrons. The first kappa shape index (κ1) is 23.7. The summed E-state index contributed by atoms with van der Waals surface area (Å²) in [5.74, 6) is 0.401. The van der Waals surface area contributed by atoms with Crippen molar-refractivity contribution in [1.29, 1.82) is 0 Å². The lowest BCUT2D eigenvalue weighted by atomic mass is 9.88. The summed E-state index contributed by atoms with van der Waals surface area (Å²) in [5, 5.41) is 1.55. The number of morpholine rings is 1. The van der Waals surface area contributed by atoms with Crippen molar-refractivity contribution in [3.8, 4) is 0 Å². The van der Waals surface area contributed by atoms with Crippen LogP contribution in [0.3, 0.4) is 0 Å². The fourth-order valence-corrected chi connectivity index (χ4v) is 5.86. The van der Waals surface area contributed by atoms with Crippen molar-refractivity contribution < 1.29 is 9.53 Å². The molecule has 1 aliphatic carbocycles. The summed E-state index contributed by atoms with van der Waals surface area (Å²) in [4.78, 5) is 22.7. The van der Waals surface area contributed by atoms with Crippen LogP contribution in [0.5, 0.6) is 0 Å². The van der Waals surface area contributed by atoms with E-state index in [0.29, 0.717) is 0 Å². The first-order valence-electron chi connectivity index (χ1n) is 10.8. The SMILES string of the molecule is Cc1cc(Cl)cc2sc(N(CCCN3CCOCC3)C(=O)C3CCCCC3)nc12.Cl. The third-order valence-corrected chi connectivity index (χ3v) is 7.29. The number of aromatic nitrogens is 1. The number of hydrogen-bond donors (Lipinski definition) is 0. The molecule has 166 valence electrons. The number of halogens is 2. The van der Waals surface area contributed by atoms with E-state index in [9.17, 15) is 4.79 Å². The Balaban J connectivity index is 0.00000256. The molecule has 1 saturated heterocycles. The zero-order chi connectivity index (χ0) is 20.2. The van der Waals surface area contributed by atoms with Gasteiger partial charge in [-0.15, -0.1) is 12.4 Å². The highest BCUT2D eigenvalue weighted by Crippen LogP contribution is 2.35. The highest BCUT2D eigenvalue weighted by atomic mass is 35.5. The van der Waals surface area contributed by atoms with E-state index in [1.54, 1.807) is 11.3 Å². The van der Waals surface area contributed by atoms with Gasteiger partial charge in [0.25, 0.3) is 0 Å². The van der Waals surface area contributed by atoms with E-state index in [4.69, 9.17) is 21.3 Å². The lowest BCUT2D eigenvalue weighted by Gasteiger charge is -2.30. The van der Waals surface area contributed by atoms with Crippen LogP contribution in [0.4, 0.5) is 5.13 Å². The maximum Gasteiger partial charge on any atom is 0.231 e. The van der Waals surface area contributed by atoms with E-state index in [1.807, 2.05) is 24.0 Å². The number of aryl methyl sites for hydroxylation is 1. The minimum absolute atomic E-state index is 0. The molecule has 1 amide bonds. The first-order valence-corrected chi connectivity index (χ1v) is 12.0. The van der Waals surface area contributed by atoms with Crippen molar-refractivity contribution in [3.05, 3.63) is 22.7 Å². The van der Waals surface area contributed by atoms with E-state index in [2.05, 4.69) is 4.90 Å². The van der Waals surface area contributed by atoms with Crippen LogP contribution in [-0.4, -0.2) is 55.2 Å². The Hall–Kier alpha value is -0.920. The zero-order valence-electron chi connectivity index (χ0n) is 17.6.